The highest BCUT2D eigenvalue weighted by atomic mass is 16.5. The summed E-state index contributed by atoms with van der Waals surface area (Å²) in [6.07, 6.45) is 8.47. The Kier molecular flexibility index (Phi) is 6.38. The standard InChI is InChI=1S/C17H26O2/c18-14-16-9-11-17(12-10-16)19-13-5-4-8-15-6-2-1-3-7-15/h1-3,6-7,16-18H,4-5,8-14H2. The first-order chi connectivity index (χ1) is 9.38. The molecule has 1 aliphatic rings. The molecule has 1 saturated carbocycles. The zero-order chi connectivity index (χ0) is 13.3. The Morgan fingerprint density at radius 2 is 1.74 bits per heavy atom. The van der Waals surface area contributed by atoms with Gasteiger partial charge in [0.15, 0.2) is 0 Å². The summed E-state index contributed by atoms with van der Waals surface area (Å²) >= 11 is 0. The van der Waals surface area contributed by atoms with Crippen LogP contribution in [-0.4, -0.2) is 24.4 Å². The van der Waals surface area contributed by atoms with Crippen molar-refractivity contribution < 1.29 is 9.84 Å². The molecule has 1 fully saturated rings. The van der Waals surface area contributed by atoms with E-state index in [4.69, 9.17) is 9.84 Å². The summed E-state index contributed by atoms with van der Waals surface area (Å²) in [6, 6.07) is 10.7. The lowest BCUT2D eigenvalue weighted by atomic mass is 9.88. The Bertz CT molecular complexity index is 328. The zero-order valence-corrected chi connectivity index (χ0v) is 11.8. The van der Waals surface area contributed by atoms with Gasteiger partial charge in [-0.1, -0.05) is 30.3 Å². The van der Waals surface area contributed by atoms with Gasteiger partial charge in [-0.15, -0.1) is 0 Å². The quantitative estimate of drug-likeness (QED) is 0.761. The molecular weight excluding hydrogens is 236 g/mol. The number of ether oxygens (including phenoxy) is 1. The normalized spacial score (nSPS) is 23.4. The molecule has 1 aromatic carbocycles. The SMILES string of the molecule is OCC1CCC(OCCCCc2ccccc2)CC1. The number of hydrogen-bond donors (Lipinski definition) is 1. The molecule has 0 amide bonds. The van der Waals surface area contributed by atoms with E-state index in [2.05, 4.69) is 30.3 Å². The van der Waals surface area contributed by atoms with Crippen molar-refractivity contribution in [3.63, 3.8) is 0 Å². The number of aliphatic hydroxyl groups excluding tert-OH is 1. The Labute approximate surface area is 116 Å². The Morgan fingerprint density at radius 3 is 2.42 bits per heavy atom. The molecule has 19 heavy (non-hydrogen) atoms. The molecule has 0 atom stereocenters. The van der Waals surface area contributed by atoms with Crippen LogP contribution in [0.25, 0.3) is 0 Å². The van der Waals surface area contributed by atoms with E-state index in [-0.39, 0.29) is 0 Å². The van der Waals surface area contributed by atoms with Gasteiger partial charge in [0.1, 0.15) is 0 Å². The van der Waals surface area contributed by atoms with Crippen LogP contribution >= 0.6 is 0 Å². The van der Waals surface area contributed by atoms with E-state index in [0.717, 1.165) is 45.1 Å². The van der Waals surface area contributed by atoms with Crippen LogP contribution in [0, 0.1) is 5.92 Å². The van der Waals surface area contributed by atoms with E-state index in [1.165, 1.54) is 12.0 Å². The maximum absolute atomic E-state index is 9.09. The summed E-state index contributed by atoms with van der Waals surface area (Å²) in [5.74, 6) is 0.526. The topological polar surface area (TPSA) is 29.5 Å². The molecule has 1 aliphatic carbocycles. The third-order valence-corrected chi connectivity index (χ3v) is 4.11. The van der Waals surface area contributed by atoms with Crippen molar-refractivity contribution in [2.24, 2.45) is 5.92 Å². The second-order valence-electron chi connectivity index (χ2n) is 5.64. The van der Waals surface area contributed by atoms with Gasteiger partial charge < -0.3 is 9.84 Å². The van der Waals surface area contributed by atoms with Crippen molar-refractivity contribution in [3.8, 4) is 0 Å². The third-order valence-electron chi connectivity index (χ3n) is 4.11. The van der Waals surface area contributed by atoms with E-state index < -0.39 is 0 Å². The second kappa shape index (κ2) is 8.34. The van der Waals surface area contributed by atoms with Gasteiger partial charge in [0.25, 0.3) is 0 Å². The van der Waals surface area contributed by atoms with Crippen molar-refractivity contribution in [3.05, 3.63) is 35.9 Å². The molecule has 1 aromatic rings. The van der Waals surface area contributed by atoms with E-state index >= 15 is 0 Å². The largest absolute Gasteiger partial charge is 0.396 e. The van der Waals surface area contributed by atoms with Gasteiger partial charge in [0, 0.05) is 13.2 Å². The summed E-state index contributed by atoms with van der Waals surface area (Å²) in [4.78, 5) is 0. The van der Waals surface area contributed by atoms with Crippen LogP contribution in [-0.2, 0) is 11.2 Å². The van der Waals surface area contributed by atoms with Gasteiger partial charge >= 0.3 is 0 Å². The lowest BCUT2D eigenvalue weighted by molar-refractivity contribution is 0.00984. The van der Waals surface area contributed by atoms with Crippen LogP contribution in [0.5, 0.6) is 0 Å². The van der Waals surface area contributed by atoms with Crippen molar-refractivity contribution in [1.29, 1.82) is 0 Å². The van der Waals surface area contributed by atoms with Crippen LogP contribution in [0.4, 0.5) is 0 Å². The van der Waals surface area contributed by atoms with Gasteiger partial charge in [-0.25, -0.2) is 0 Å². The molecule has 0 spiro atoms. The average molecular weight is 262 g/mol. The minimum absolute atomic E-state index is 0.351. The van der Waals surface area contributed by atoms with E-state index in [0.29, 0.717) is 18.6 Å². The fourth-order valence-electron chi connectivity index (χ4n) is 2.81. The van der Waals surface area contributed by atoms with Crippen LogP contribution < -0.4 is 0 Å². The van der Waals surface area contributed by atoms with Crippen molar-refractivity contribution >= 4 is 0 Å². The molecule has 2 rings (SSSR count). The number of hydrogen-bond acceptors (Lipinski definition) is 2. The molecule has 1 N–H and O–H groups in total. The fraction of sp³-hybridized carbons (Fsp3) is 0.647. The predicted octanol–water partition coefficient (Wildman–Crippen LogP) is 3.58. The molecular formula is C17H26O2. The van der Waals surface area contributed by atoms with Crippen molar-refractivity contribution in [1.82, 2.24) is 0 Å². The van der Waals surface area contributed by atoms with Gasteiger partial charge in [0.2, 0.25) is 0 Å². The molecule has 106 valence electrons. The molecule has 2 nitrogen and oxygen atoms in total. The first kappa shape index (κ1) is 14.5. The molecule has 0 aliphatic heterocycles. The third kappa shape index (κ3) is 5.33. The smallest absolute Gasteiger partial charge is 0.0575 e. The van der Waals surface area contributed by atoms with Gasteiger partial charge in [0.05, 0.1) is 6.10 Å². The van der Waals surface area contributed by atoms with E-state index in [9.17, 15) is 0 Å². The number of unbranched alkanes of at least 4 members (excludes halogenated alkanes) is 1. The number of rotatable bonds is 7. The van der Waals surface area contributed by atoms with Crippen LogP contribution in [0.1, 0.15) is 44.1 Å². The predicted molar refractivity (Wildman–Crippen MR) is 78.2 cm³/mol. The maximum atomic E-state index is 9.09. The minimum Gasteiger partial charge on any atom is -0.396 e. The molecule has 0 radical (unpaired) electrons. The van der Waals surface area contributed by atoms with Crippen LogP contribution in [0.2, 0.25) is 0 Å². The fourth-order valence-corrected chi connectivity index (χ4v) is 2.81. The number of aliphatic hydroxyl groups is 1. The molecule has 2 heteroatoms. The molecule has 0 bridgehead atoms. The van der Waals surface area contributed by atoms with Crippen LogP contribution in [0.15, 0.2) is 30.3 Å². The lowest BCUT2D eigenvalue weighted by Gasteiger charge is -2.27. The van der Waals surface area contributed by atoms with Crippen LogP contribution in [0.3, 0.4) is 0 Å². The Hall–Kier alpha value is -0.860. The molecule has 0 aromatic heterocycles. The Morgan fingerprint density at radius 1 is 1.00 bits per heavy atom. The van der Waals surface area contributed by atoms with Crippen molar-refractivity contribution in [2.45, 2.75) is 51.0 Å². The summed E-state index contributed by atoms with van der Waals surface area (Å²) < 4.78 is 5.93. The first-order valence-corrected chi connectivity index (χ1v) is 7.65. The average Bonchev–Trinajstić information content (AvgIpc) is 2.49. The number of benzene rings is 1. The summed E-state index contributed by atoms with van der Waals surface area (Å²) in [6.45, 7) is 1.24. The number of aryl methyl sites for hydroxylation is 1. The maximum Gasteiger partial charge on any atom is 0.0575 e. The summed E-state index contributed by atoms with van der Waals surface area (Å²) in [5, 5.41) is 9.09. The zero-order valence-electron chi connectivity index (χ0n) is 11.8. The Balaban J connectivity index is 1.51. The highest BCUT2D eigenvalue weighted by Gasteiger charge is 2.20. The lowest BCUT2D eigenvalue weighted by Crippen LogP contribution is -2.23. The molecule has 0 unspecified atom stereocenters. The highest BCUT2D eigenvalue weighted by molar-refractivity contribution is 5.14. The second-order valence-corrected chi connectivity index (χ2v) is 5.64. The van der Waals surface area contributed by atoms with Gasteiger partial charge in [-0.2, -0.15) is 0 Å². The summed E-state index contributed by atoms with van der Waals surface area (Å²) in [7, 11) is 0. The first-order valence-electron chi connectivity index (χ1n) is 7.65. The molecule has 0 saturated heterocycles. The monoisotopic (exact) mass is 262 g/mol. The van der Waals surface area contributed by atoms with Crippen molar-refractivity contribution in [2.75, 3.05) is 13.2 Å². The highest BCUT2D eigenvalue weighted by Crippen LogP contribution is 2.25. The summed E-state index contributed by atoms with van der Waals surface area (Å²) in [5.41, 5.74) is 1.42. The van der Waals surface area contributed by atoms with Gasteiger partial charge in [-0.05, 0) is 56.4 Å². The molecule has 0 heterocycles. The van der Waals surface area contributed by atoms with E-state index in [1.54, 1.807) is 0 Å². The minimum atomic E-state index is 0.351. The van der Waals surface area contributed by atoms with Gasteiger partial charge in [-0.3, -0.25) is 0 Å². The van der Waals surface area contributed by atoms with E-state index in [1.807, 2.05) is 0 Å².